The Labute approximate surface area is 182 Å². The number of carbonyl (C=O) groups excluding carboxylic acids is 3. The molecule has 30 heavy (non-hydrogen) atoms. The fourth-order valence-corrected chi connectivity index (χ4v) is 4.10. The third-order valence-electron chi connectivity index (χ3n) is 4.30. The number of rotatable bonds is 7. The van der Waals surface area contributed by atoms with E-state index in [9.17, 15) is 14.4 Å². The second kappa shape index (κ2) is 9.23. The Morgan fingerprint density at radius 3 is 2.53 bits per heavy atom. The molecule has 156 valence electrons. The lowest BCUT2D eigenvalue weighted by atomic mass is 10.1. The zero-order chi connectivity index (χ0) is 21.8. The highest BCUT2D eigenvalue weighted by Gasteiger charge is 2.27. The van der Waals surface area contributed by atoms with Crippen LogP contribution < -0.4 is 5.32 Å². The number of esters is 1. The number of hydrogen-bond donors (Lipinski definition) is 1. The summed E-state index contributed by atoms with van der Waals surface area (Å²) in [6.07, 6.45) is 0.282. The Kier molecular flexibility index (Phi) is 6.69. The van der Waals surface area contributed by atoms with Crippen LogP contribution in [0, 0.1) is 6.92 Å². The zero-order valence-electron chi connectivity index (χ0n) is 16.6. The first-order valence-electron chi connectivity index (χ1n) is 9.23. The fraction of sp³-hybridized carbons (Fsp3) is 0.238. The molecule has 7 nitrogen and oxygen atoms in total. The highest BCUT2D eigenvalue weighted by Crippen LogP contribution is 2.35. The molecule has 0 aliphatic carbocycles. The third kappa shape index (κ3) is 4.44. The number of Topliss-reactive ketones (excluding diaryl/α,β-unsaturated/α-hetero) is 1. The number of nitrogens with zero attached hydrogens (tertiary/aromatic N) is 1. The number of halogens is 1. The number of amides is 1. The van der Waals surface area contributed by atoms with Gasteiger partial charge in [0.05, 0.1) is 17.0 Å². The van der Waals surface area contributed by atoms with E-state index in [4.69, 9.17) is 20.9 Å². The van der Waals surface area contributed by atoms with Gasteiger partial charge in [0.1, 0.15) is 5.00 Å². The highest BCUT2D eigenvalue weighted by atomic mass is 35.5. The first-order valence-corrected chi connectivity index (χ1v) is 10.4. The molecule has 0 radical (unpaired) electrons. The number of ketones is 1. The topological polar surface area (TPSA) is 98.5 Å². The van der Waals surface area contributed by atoms with Gasteiger partial charge in [-0.1, -0.05) is 23.7 Å². The van der Waals surface area contributed by atoms with Gasteiger partial charge in [0.25, 0.3) is 5.91 Å². The molecule has 0 spiro atoms. The van der Waals surface area contributed by atoms with Gasteiger partial charge in [0.15, 0.2) is 17.2 Å². The molecule has 0 aliphatic heterocycles. The van der Waals surface area contributed by atoms with Crippen LogP contribution in [-0.4, -0.2) is 29.4 Å². The molecule has 2 heterocycles. The van der Waals surface area contributed by atoms with Gasteiger partial charge >= 0.3 is 5.97 Å². The monoisotopic (exact) mass is 446 g/mol. The van der Waals surface area contributed by atoms with Crippen molar-refractivity contribution in [3.8, 4) is 11.3 Å². The second-order valence-electron chi connectivity index (χ2n) is 6.29. The van der Waals surface area contributed by atoms with E-state index in [2.05, 4.69) is 10.5 Å². The number of hydrogen-bond acceptors (Lipinski definition) is 7. The Morgan fingerprint density at radius 1 is 1.20 bits per heavy atom. The van der Waals surface area contributed by atoms with Gasteiger partial charge < -0.3 is 14.6 Å². The SMILES string of the molecule is CCOC(=O)c1c(NC(=O)c2cc(-c3ccc(Cl)cc3)on2)sc(C(=O)CC)c1C. The molecule has 2 aromatic heterocycles. The standard InChI is InChI=1S/C21H19ClN2O5S/c1-4-15(25)18-11(3)17(21(27)28-5-2)20(30-18)23-19(26)14-10-16(29-24-14)12-6-8-13(22)9-7-12/h6-10H,4-5H2,1-3H3,(H,23,26). The summed E-state index contributed by atoms with van der Waals surface area (Å²) in [5.41, 5.74) is 1.40. The van der Waals surface area contributed by atoms with Crippen LogP contribution >= 0.6 is 22.9 Å². The van der Waals surface area contributed by atoms with E-state index in [1.165, 1.54) is 6.07 Å². The van der Waals surface area contributed by atoms with Crippen LogP contribution in [0.2, 0.25) is 5.02 Å². The first kappa shape index (κ1) is 21.7. The van der Waals surface area contributed by atoms with E-state index >= 15 is 0 Å². The first-order chi connectivity index (χ1) is 14.3. The van der Waals surface area contributed by atoms with Crippen molar-refractivity contribution in [2.45, 2.75) is 27.2 Å². The Balaban J connectivity index is 1.90. The van der Waals surface area contributed by atoms with Crippen molar-refractivity contribution in [2.24, 2.45) is 0 Å². The summed E-state index contributed by atoms with van der Waals surface area (Å²) in [7, 11) is 0. The molecule has 1 aromatic carbocycles. The van der Waals surface area contributed by atoms with Crippen molar-refractivity contribution in [3.63, 3.8) is 0 Å². The van der Waals surface area contributed by atoms with E-state index < -0.39 is 11.9 Å². The predicted octanol–water partition coefficient (Wildman–Crippen LogP) is 5.39. The number of benzene rings is 1. The normalized spacial score (nSPS) is 10.7. The van der Waals surface area contributed by atoms with Gasteiger partial charge in [0, 0.05) is 23.1 Å². The van der Waals surface area contributed by atoms with Crippen molar-refractivity contribution >= 4 is 45.6 Å². The van der Waals surface area contributed by atoms with Crippen molar-refractivity contribution in [2.75, 3.05) is 11.9 Å². The fourth-order valence-electron chi connectivity index (χ4n) is 2.78. The average molecular weight is 447 g/mol. The molecule has 0 aliphatic rings. The molecular weight excluding hydrogens is 428 g/mol. The number of aromatic nitrogens is 1. The predicted molar refractivity (Wildman–Crippen MR) is 115 cm³/mol. The summed E-state index contributed by atoms with van der Waals surface area (Å²) in [6, 6.07) is 8.38. The van der Waals surface area contributed by atoms with Crippen molar-refractivity contribution in [1.29, 1.82) is 0 Å². The van der Waals surface area contributed by atoms with E-state index in [0.29, 0.717) is 26.8 Å². The second-order valence-corrected chi connectivity index (χ2v) is 7.75. The molecule has 0 atom stereocenters. The van der Waals surface area contributed by atoms with Crippen molar-refractivity contribution < 1.29 is 23.6 Å². The minimum atomic E-state index is -0.598. The highest BCUT2D eigenvalue weighted by molar-refractivity contribution is 7.18. The lowest BCUT2D eigenvalue weighted by Crippen LogP contribution is -2.15. The Hall–Kier alpha value is -2.97. The lowest BCUT2D eigenvalue weighted by Gasteiger charge is -2.05. The molecular formula is C21H19ClN2O5S. The summed E-state index contributed by atoms with van der Waals surface area (Å²) < 4.78 is 10.3. The summed E-state index contributed by atoms with van der Waals surface area (Å²) in [5.74, 6) is -0.887. The number of ether oxygens (including phenoxy) is 1. The van der Waals surface area contributed by atoms with Crippen LogP contribution in [0.25, 0.3) is 11.3 Å². The van der Waals surface area contributed by atoms with Crippen LogP contribution in [0.1, 0.15) is 56.3 Å². The largest absolute Gasteiger partial charge is 0.462 e. The van der Waals surface area contributed by atoms with E-state index in [1.54, 1.807) is 45.0 Å². The molecule has 1 amide bonds. The van der Waals surface area contributed by atoms with Crippen LogP contribution in [0.4, 0.5) is 5.00 Å². The van der Waals surface area contributed by atoms with Gasteiger partial charge in [-0.15, -0.1) is 11.3 Å². The van der Waals surface area contributed by atoms with Crippen LogP contribution in [0.15, 0.2) is 34.9 Å². The van der Waals surface area contributed by atoms with Crippen LogP contribution in [0.5, 0.6) is 0 Å². The maximum Gasteiger partial charge on any atom is 0.341 e. The summed E-state index contributed by atoms with van der Waals surface area (Å²) >= 11 is 6.93. The zero-order valence-corrected chi connectivity index (χ0v) is 18.1. The minimum Gasteiger partial charge on any atom is -0.462 e. The molecule has 9 heteroatoms. The molecule has 0 fully saturated rings. The quantitative estimate of drug-likeness (QED) is 0.386. The number of thiophene rings is 1. The number of anilines is 1. The molecule has 0 saturated heterocycles. The maximum absolute atomic E-state index is 12.7. The molecule has 1 N–H and O–H groups in total. The van der Waals surface area contributed by atoms with Crippen molar-refractivity contribution in [1.82, 2.24) is 5.16 Å². The van der Waals surface area contributed by atoms with Gasteiger partial charge in [0.2, 0.25) is 0 Å². The van der Waals surface area contributed by atoms with Crippen LogP contribution in [-0.2, 0) is 4.74 Å². The van der Waals surface area contributed by atoms with E-state index in [1.807, 2.05) is 0 Å². The molecule has 3 rings (SSSR count). The Morgan fingerprint density at radius 2 is 1.90 bits per heavy atom. The van der Waals surface area contributed by atoms with Crippen molar-refractivity contribution in [3.05, 3.63) is 57.1 Å². The Bertz CT molecular complexity index is 1100. The number of carbonyl (C=O) groups is 3. The maximum atomic E-state index is 12.7. The number of nitrogens with one attached hydrogen (secondary N) is 1. The van der Waals surface area contributed by atoms with Gasteiger partial charge in [-0.25, -0.2) is 4.79 Å². The molecule has 0 saturated carbocycles. The van der Waals surface area contributed by atoms with E-state index in [-0.39, 0.29) is 35.1 Å². The lowest BCUT2D eigenvalue weighted by molar-refractivity contribution is 0.0527. The summed E-state index contributed by atoms with van der Waals surface area (Å²) in [5, 5.41) is 7.28. The molecule has 0 unspecified atom stereocenters. The van der Waals surface area contributed by atoms with Crippen LogP contribution in [0.3, 0.4) is 0 Å². The van der Waals surface area contributed by atoms with Gasteiger partial charge in [-0.3, -0.25) is 9.59 Å². The summed E-state index contributed by atoms with van der Waals surface area (Å²) in [4.78, 5) is 37.8. The molecule has 0 bridgehead atoms. The smallest absolute Gasteiger partial charge is 0.341 e. The van der Waals surface area contributed by atoms with Gasteiger partial charge in [-0.2, -0.15) is 0 Å². The third-order valence-corrected chi connectivity index (χ3v) is 5.80. The van der Waals surface area contributed by atoms with E-state index in [0.717, 1.165) is 11.3 Å². The summed E-state index contributed by atoms with van der Waals surface area (Å²) in [6.45, 7) is 5.25. The minimum absolute atomic E-state index is 0.0316. The van der Waals surface area contributed by atoms with Gasteiger partial charge in [-0.05, 0) is 43.7 Å². The average Bonchev–Trinajstić information content (AvgIpc) is 3.33. The molecule has 3 aromatic rings.